The number of esters is 1. The monoisotopic (exact) mass is 578 g/mol. The van der Waals surface area contributed by atoms with Crippen molar-refractivity contribution in [2.24, 2.45) is 10.9 Å². The summed E-state index contributed by atoms with van der Waals surface area (Å²) in [5.74, 6) is -1.65. The van der Waals surface area contributed by atoms with Crippen LogP contribution in [-0.2, 0) is 19.1 Å². The number of nitrogens with one attached hydrogen (secondary N) is 1. The third-order valence-corrected chi connectivity index (χ3v) is 8.31. The second kappa shape index (κ2) is 13.0. The van der Waals surface area contributed by atoms with E-state index in [-0.39, 0.29) is 35.0 Å². The molecular weight excluding hydrogens is 547 g/mol. The second-order valence-electron chi connectivity index (χ2n) is 9.69. The summed E-state index contributed by atoms with van der Waals surface area (Å²) in [7, 11) is 1.29. The van der Waals surface area contributed by atoms with Crippen molar-refractivity contribution in [2.75, 3.05) is 26.9 Å². The van der Waals surface area contributed by atoms with E-state index in [1.54, 1.807) is 12.3 Å². The normalized spacial score (nSPS) is 22.7. The summed E-state index contributed by atoms with van der Waals surface area (Å²) in [6, 6.07) is 3.40. The zero-order valence-corrected chi connectivity index (χ0v) is 23.6. The molecule has 3 heterocycles. The van der Waals surface area contributed by atoms with Gasteiger partial charge in [-0.3, -0.25) is 14.7 Å². The Balaban J connectivity index is 1.78. The van der Waals surface area contributed by atoms with Gasteiger partial charge in [-0.05, 0) is 25.3 Å². The first kappa shape index (κ1) is 29.1. The Kier molecular flexibility index (Phi) is 9.71. The number of amidine groups is 1. The number of carbonyl (C=O) groups is 2. The number of aliphatic imine (C=N–C) groups is 1. The molecule has 2 aliphatic heterocycles. The highest BCUT2D eigenvalue weighted by Crippen LogP contribution is 2.38. The van der Waals surface area contributed by atoms with Gasteiger partial charge in [0, 0.05) is 47.9 Å². The molecule has 1 aromatic carbocycles. The Morgan fingerprint density at radius 2 is 2.18 bits per heavy atom. The first-order valence-corrected chi connectivity index (χ1v) is 14.0. The Bertz CT molecular complexity index is 1250. The SMILES string of the molecule is CC[C@H](CC(=O)O)C[C@@H]1COC[C@H](C)N1CC1=C(C(=O)OC)[C@H](c2cccc(F)c2Cl)N=C(c2nccs2)N1. The van der Waals surface area contributed by atoms with Crippen LogP contribution in [-0.4, -0.2) is 71.7 Å². The number of carboxylic acid groups (broad SMARTS) is 1. The van der Waals surface area contributed by atoms with Gasteiger partial charge in [-0.2, -0.15) is 0 Å². The highest BCUT2D eigenvalue weighted by atomic mass is 35.5. The maximum absolute atomic E-state index is 14.5. The third kappa shape index (κ3) is 6.66. The number of rotatable bonds is 10. The maximum atomic E-state index is 14.5. The Labute approximate surface area is 235 Å². The lowest BCUT2D eigenvalue weighted by Crippen LogP contribution is -2.54. The van der Waals surface area contributed by atoms with Gasteiger partial charge in [-0.15, -0.1) is 11.3 Å². The van der Waals surface area contributed by atoms with Crippen LogP contribution in [0.4, 0.5) is 4.39 Å². The molecule has 0 aliphatic carbocycles. The third-order valence-electron chi connectivity index (χ3n) is 7.13. The van der Waals surface area contributed by atoms with Crippen LogP contribution < -0.4 is 5.32 Å². The second-order valence-corrected chi connectivity index (χ2v) is 11.0. The van der Waals surface area contributed by atoms with E-state index in [1.165, 1.54) is 30.6 Å². The van der Waals surface area contributed by atoms with E-state index in [0.717, 1.165) is 6.42 Å². The van der Waals surface area contributed by atoms with Gasteiger partial charge in [0.25, 0.3) is 0 Å². The van der Waals surface area contributed by atoms with Crippen molar-refractivity contribution in [3.63, 3.8) is 0 Å². The number of hydrogen-bond acceptors (Lipinski definition) is 9. The van der Waals surface area contributed by atoms with Crippen molar-refractivity contribution in [2.45, 2.75) is 51.2 Å². The molecule has 2 N–H and O–H groups in total. The average molecular weight is 579 g/mol. The lowest BCUT2D eigenvalue weighted by Gasteiger charge is -2.43. The Morgan fingerprint density at radius 3 is 2.85 bits per heavy atom. The molecule has 4 atom stereocenters. The van der Waals surface area contributed by atoms with E-state index in [0.29, 0.717) is 48.3 Å². The summed E-state index contributed by atoms with van der Waals surface area (Å²) in [5.41, 5.74) is 1.10. The summed E-state index contributed by atoms with van der Waals surface area (Å²) in [5, 5.41) is 15.0. The van der Waals surface area contributed by atoms with E-state index in [9.17, 15) is 19.1 Å². The van der Waals surface area contributed by atoms with Gasteiger partial charge in [0.1, 0.15) is 11.9 Å². The van der Waals surface area contributed by atoms with E-state index >= 15 is 0 Å². The van der Waals surface area contributed by atoms with Crippen LogP contribution in [0.3, 0.4) is 0 Å². The van der Waals surface area contributed by atoms with Gasteiger partial charge in [0.05, 0.1) is 30.9 Å². The number of halogens is 2. The fourth-order valence-electron chi connectivity index (χ4n) is 5.10. The molecule has 0 bridgehead atoms. The molecule has 0 saturated carbocycles. The Hall–Kier alpha value is -2.86. The van der Waals surface area contributed by atoms with Crippen LogP contribution in [0.1, 0.15) is 49.7 Å². The minimum absolute atomic E-state index is 0.0160. The number of nitrogens with zero attached hydrogens (tertiary/aromatic N) is 3. The summed E-state index contributed by atoms with van der Waals surface area (Å²) in [4.78, 5) is 36.0. The van der Waals surface area contributed by atoms with Gasteiger partial charge < -0.3 is 19.9 Å². The molecule has 4 rings (SSSR count). The van der Waals surface area contributed by atoms with Gasteiger partial charge >= 0.3 is 11.9 Å². The minimum Gasteiger partial charge on any atom is -0.481 e. The maximum Gasteiger partial charge on any atom is 0.338 e. The first-order valence-electron chi connectivity index (χ1n) is 12.8. The van der Waals surface area contributed by atoms with Gasteiger partial charge in [0.2, 0.25) is 0 Å². The summed E-state index contributed by atoms with van der Waals surface area (Å²) in [6.07, 6.45) is 3.08. The van der Waals surface area contributed by atoms with Crippen LogP contribution in [0.25, 0.3) is 0 Å². The number of aliphatic carboxylic acids is 1. The average Bonchev–Trinajstić information content (AvgIpc) is 3.46. The van der Waals surface area contributed by atoms with E-state index in [1.807, 2.05) is 19.2 Å². The first-order chi connectivity index (χ1) is 18.7. The zero-order valence-electron chi connectivity index (χ0n) is 22.0. The number of ether oxygens (including phenoxy) is 2. The quantitative estimate of drug-likeness (QED) is 0.398. The molecule has 0 radical (unpaired) electrons. The number of carboxylic acids is 1. The number of methoxy groups -OCH3 is 1. The largest absolute Gasteiger partial charge is 0.481 e. The van der Waals surface area contributed by atoms with Gasteiger partial charge in [0.15, 0.2) is 10.8 Å². The lowest BCUT2D eigenvalue weighted by atomic mass is 9.91. The van der Waals surface area contributed by atoms with Crippen LogP contribution in [0.5, 0.6) is 0 Å². The highest BCUT2D eigenvalue weighted by molar-refractivity contribution is 7.11. The topological polar surface area (TPSA) is 113 Å². The number of morpholine rings is 1. The van der Waals surface area contributed by atoms with E-state index < -0.39 is 23.8 Å². The predicted molar refractivity (Wildman–Crippen MR) is 146 cm³/mol. The molecular formula is C27H32ClFN4O5S. The molecule has 9 nitrogen and oxygen atoms in total. The molecule has 2 aromatic rings. The van der Waals surface area contributed by atoms with Crippen molar-refractivity contribution in [3.05, 3.63) is 62.5 Å². The van der Waals surface area contributed by atoms with Crippen LogP contribution in [0.2, 0.25) is 5.02 Å². The Morgan fingerprint density at radius 1 is 1.38 bits per heavy atom. The number of thiazole rings is 1. The molecule has 0 spiro atoms. The standard InChI is InChI=1S/C27H32ClFN4O5S/c1-4-16(11-21(34)35)10-17-14-38-13-15(2)33(17)12-20-22(27(36)37-3)24(18-6-5-7-19(29)23(18)28)32-25(31-20)26-30-8-9-39-26/h5-9,15-17,24H,4,10-14H2,1-3H3,(H,31,32)(H,34,35)/t15-,16-,17+,24-/m0/s1. The lowest BCUT2D eigenvalue weighted by molar-refractivity contribution is -0.139. The number of hydrogen-bond donors (Lipinski definition) is 2. The van der Waals surface area contributed by atoms with Crippen molar-refractivity contribution in [1.29, 1.82) is 0 Å². The minimum atomic E-state index is -0.930. The molecule has 2 aliphatic rings. The molecule has 1 fully saturated rings. The van der Waals surface area contributed by atoms with Crippen molar-refractivity contribution in [3.8, 4) is 0 Å². The van der Waals surface area contributed by atoms with Crippen molar-refractivity contribution < 1.29 is 28.6 Å². The van der Waals surface area contributed by atoms with Crippen LogP contribution in [0, 0.1) is 11.7 Å². The smallest absolute Gasteiger partial charge is 0.338 e. The number of aromatic nitrogens is 1. The van der Waals surface area contributed by atoms with Crippen molar-refractivity contribution >= 4 is 40.7 Å². The van der Waals surface area contributed by atoms with Crippen LogP contribution in [0.15, 0.2) is 46.0 Å². The van der Waals surface area contributed by atoms with Crippen molar-refractivity contribution in [1.82, 2.24) is 15.2 Å². The molecule has 12 heteroatoms. The zero-order chi connectivity index (χ0) is 28.1. The molecule has 0 amide bonds. The molecule has 1 aromatic heterocycles. The predicted octanol–water partition coefficient (Wildman–Crippen LogP) is 4.43. The molecule has 210 valence electrons. The summed E-state index contributed by atoms with van der Waals surface area (Å²) < 4.78 is 25.6. The molecule has 1 saturated heterocycles. The number of benzene rings is 1. The van der Waals surface area contributed by atoms with E-state index in [4.69, 9.17) is 26.1 Å². The number of carbonyl (C=O) groups excluding carboxylic acids is 1. The fourth-order valence-corrected chi connectivity index (χ4v) is 5.92. The van der Waals surface area contributed by atoms with Gasteiger partial charge in [-0.1, -0.05) is 37.1 Å². The highest BCUT2D eigenvalue weighted by Gasteiger charge is 2.38. The molecule has 39 heavy (non-hydrogen) atoms. The van der Waals surface area contributed by atoms with E-state index in [2.05, 4.69) is 15.2 Å². The fraction of sp³-hybridized carbons (Fsp3) is 0.481. The molecule has 0 unspecified atom stereocenters. The summed E-state index contributed by atoms with van der Waals surface area (Å²) >= 11 is 7.76. The van der Waals surface area contributed by atoms with Gasteiger partial charge in [-0.25, -0.2) is 14.2 Å². The van der Waals surface area contributed by atoms with Crippen LogP contribution >= 0.6 is 22.9 Å². The summed E-state index contributed by atoms with van der Waals surface area (Å²) in [6.45, 7) is 5.24.